The fourth-order valence-electron chi connectivity index (χ4n) is 6.52. The van der Waals surface area contributed by atoms with Crippen molar-refractivity contribution in [1.82, 2.24) is 15.2 Å². The van der Waals surface area contributed by atoms with Crippen LogP contribution in [0.2, 0.25) is 5.02 Å². The van der Waals surface area contributed by atoms with Crippen molar-refractivity contribution < 1.29 is 14.3 Å². The van der Waals surface area contributed by atoms with Gasteiger partial charge in [-0.15, -0.1) is 11.3 Å². The minimum Gasteiger partial charge on any atom is -0.488 e. The summed E-state index contributed by atoms with van der Waals surface area (Å²) < 4.78 is 7.68. The van der Waals surface area contributed by atoms with E-state index in [0.717, 1.165) is 75.8 Å². The van der Waals surface area contributed by atoms with Crippen LogP contribution in [0.3, 0.4) is 0 Å². The van der Waals surface area contributed by atoms with Crippen LogP contribution in [0.4, 0.5) is 0 Å². The van der Waals surface area contributed by atoms with Gasteiger partial charge >= 0.3 is 0 Å². The number of carbonyl (C=O) groups excluding carboxylic acids is 2. The number of fused-ring (bicyclic) bond motifs is 3. The molecule has 186 valence electrons. The summed E-state index contributed by atoms with van der Waals surface area (Å²) in [5.41, 5.74) is 5.16. The van der Waals surface area contributed by atoms with E-state index in [1.807, 2.05) is 32.2 Å². The van der Waals surface area contributed by atoms with E-state index in [1.165, 1.54) is 16.0 Å². The second-order valence-corrected chi connectivity index (χ2v) is 12.6. The number of aromatic nitrogens is 1. The van der Waals surface area contributed by atoms with Gasteiger partial charge in [-0.25, -0.2) is 0 Å². The van der Waals surface area contributed by atoms with Gasteiger partial charge < -0.3 is 10.1 Å². The molecule has 2 aromatic heterocycles. The van der Waals surface area contributed by atoms with Crippen molar-refractivity contribution in [2.45, 2.75) is 52.2 Å². The summed E-state index contributed by atoms with van der Waals surface area (Å²) in [5, 5.41) is 4.20. The van der Waals surface area contributed by atoms with Gasteiger partial charge in [0.25, 0.3) is 0 Å². The molecule has 4 heterocycles. The molecule has 1 saturated carbocycles. The molecule has 3 aromatic rings. The lowest BCUT2D eigenvalue weighted by atomic mass is 9.98. The summed E-state index contributed by atoms with van der Waals surface area (Å²) in [4.78, 5) is 32.8. The number of imide groups is 1. The van der Waals surface area contributed by atoms with E-state index in [1.54, 1.807) is 11.3 Å². The number of piperidine rings is 1. The van der Waals surface area contributed by atoms with Crippen LogP contribution >= 0.6 is 22.9 Å². The van der Waals surface area contributed by atoms with E-state index >= 15 is 0 Å². The smallest absolute Gasteiger partial charge is 0.234 e. The molecule has 2 aliphatic heterocycles. The Hall–Kier alpha value is -2.48. The number of nitrogens with zero attached hydrogens (tertiary/aromatic N) is 2. The van der Waals surface area contributed by atoms with Crippen molar-refractivity contribution in [1.29, 1.82) is 0 Å². The highest BCUT2D eigenvalue weighted by Crippen LogP contribution is 2.63. The average Bonchev–Trinajstić information content (AvgIpc) is 3.47. The van der Waals surface area contributed by atoms with Gasteiger partial charge in [-0.3, -0.25) is 19.5 Å². The molecule has 6 nitrogen and oxygen atoms in total. The first-order valence-electron chi connectivity index (χ1n) is 12.8. The molecule has 0 bridgehead atoms. The Kier molecular flexibility index (Phi) is 5.05. The molecule has 3 unspecified atom stereocenters. The van der Waals surface area contributed by atoms with Crippen molar-refractivity contribution in [2.24, 2.45) is 17.3 Å². The third-order valence-electron chi connectivity index (χ3n) is 8.55. The predicted molar refractivity (Wildman–Crippen MR) is 140 cm³/mol. The highest BCUT2D eigenvalue weighted by Gasteiger charge is 2.72. The fraction of sp³-hybridized carbons (Fsp3) is 0.464. The topological polar surface area (TPSA) is 71.5 Å². The van der Waals surface area contributed by atoms with Crippen molar-refractivity contribution in [2.75, 3.05) is 13.1 Å². The van der Waals surface area contributed by atoms with Gasteiger partial charge in [0.15, 0.2) is 0 Å². The number of hydrogen-bond donors (Lipinski definition) is 1. The Balaban J connectivity index is 1.28. The number of benzene rings is 1. The van der Waals surface area contributed by atoms with E-state index in [2.05, 4.69) is 16.4 Å². The maximum absolute atomic E-state index is 12.9. The molecule has 1 aromatic carbocycles. The Morgan fingerprint density at radius 3 is 2.69 bits per heavy atom. The highest BCUT2D eigenvalue weighted by molar-refractivity contribution is 7.19. The molecule has 3 atom stereocenters. The van der Waals surface area contributed by atoms with E-state index in [9.17, 15) is 9.59 Å². The summed E-state index contributed by atoms with van der Waals surface area (Å²) in [6, 6.07) is 6.09. The number of thiophene rings is 1. The first-order chi connectivity index (χ1) is 17.3. The quantitative estimate of drug-likeness (QED) is 0.479. The van der Waals surface area contributed by atoms with E-state index in [4.69, 9.17) is 16.3 Å². The Labute approximate surface area is 219 Å². The third kappa shape index (κ3) is 3.29. The summed E-state index contributed by atoms with van der Waals surface area (Å²) in [5.74, 6) is 0.562. The molecule has 2 aliphatic carbocycles. The van der Waals surface area contributed by atoms with Crippen LogP contribution in [0.15, 0.2) is 24.4 Å². The number of likely N-dealkylation sites (tertiary alicyclic amines) is 1. The summed E-state index contributed by atoms with van der Waals surface area (Å²) in [6.45, 7) is 6.14. The van der Waals surface area contributed by atoms with Crippen LogP contribution in [0.25, 0.3) is 21.3 Å². The Bertz CT molecular complexity index is 1420. The van der Waals surface area contributed by atoms with Gasteiger partial charge in [0.1, 0.15) is 11.9 Å². The lowest BCUT2D eigenvalue weighted by Gasteiger charge is -2.21. The standard InChI is InChI=1S/C28H28ClN3O3S/c1-28(2)22-23(28)27(34)32(26(22)33)13-15-10-21-25(36-15)18(7-9-31-21)19-11-20(29)16-4-3-5-17(16)24(19)35-14-6-8-30-12-14/h7,9-11,14,22-23,30H,3-6,8,12-13H2,1-2H3. The van der Waals surface area contributed by atoms with E-state index in [-0.39, 0.29) is 35.2 Å². The minimum absolute atomic E-state index is 0.0353. The van der Waals surface area contributed by atoms with Gasteiger partial charge in [-0.2, -0.15) is 0 Å². The van der Waals surface area contributed by atoms with Crippen LogP contribution in [-0.4, -0.2) is 40.9 Å². The van der Waals surface area contributed by atoms with Gasteiger partial charge in [0, 0.05) is 33.8 Å². The van der Waals surface area contributed by atoms with E-state index < -0.39 is 0 Å². The Morgan fingerprint density at radius 1 is 1.17 bits per heavy atom. The van der Waals surface area contributed by atoms with Crippen molar-refractivity contribution in [3.63, 3.8) is 0 Å². The molecule has 0 spiro atoms. The lowest BCUT2D eigenvalue weighted by Crippen LogP contribution is -2.35. The van der Waals surface area contributed by atoms with E-state index in [0.29, 0.717) is 6.54 Å². The molecule has 4 aliphatic rings. The molecular weight excluding hydrogens is 494 g/mol. The summed E-state index contributed by atoms with van der Waals surface area (Å²) in [6.07, 6.45) is 6.00. The molecule has 2 amide bonds. The van der Waals surface area contributed by atoms with Crippen LogP contribution in [0, 0.1) is 17.3 Å². The van der Waals surface area contributed by atoms with Gasteiger partial charge in [0.2, 0.25) is 11.8 Å². The first-order valence-corrected chi connectivity index (χ1v) is 14.0. The number of halogens is 1. The zero-order valence-corrected chi connectivity index (χ0v) is 22.0. The molecule has 2 saturated heterocycles. The zero-order chi connectivity index (χ0) is 24.8. The lowest BCUT2D eigenvalue weighted by molar-refractivity contribution is -0.143. The normalized spacial score (nSPS) is 26.1. The number of ether oxygens (including phenoxy) is 1. The monoisotopic (exact) mass is 521 g/mol. The number of nitrogens with one attached hydrogen (secondary N) is 1. The molecule has 1 N–H and O–H groups in total. The van der Waals surface area contributed by atoms with Crippen LogP contribution in [0.5, 0.6) is 5.75 Å². The second kappa shape index (κ2) is 8.01. The highest BCUT2D eigenvalue weighted by atomic mass is 35.5. The number of amides is 2. The van der Waals surface area contributed by atoms with Crippen LogP contribution < -0.4 is 10.1 Å². The summed E-state index contributed by atoms with van der Waals surface area (Å²) >= 11 is 8.39. The Morgan fingerprint density at radius 2 is 1.94 bits per heavy atom. The van der Waals surface area contributed by atoms with Crippen LogP contribution in [0.1, 0.15) is 42.7 Å². The molecule has 36 heavy (non-hydrogen) atoms. The van der Waals surface area contributed by atoms with Gasteiger partial charge in [0.05, 0.1) is 28.6 Å². The van der Waals surface area contributed by atoms with Gasteiger partial charge in [-0.05, 0) is 67.0 Å². The average molecular weight is 522 g/mol. The largest absolute Gasteiger partial charge is 0.488 e. The second-order valence-electron chi connectivity index (χ2n) is 11.1. The van der Waals surface area contributed by atoms with Crippen molar-refractivity contribution in [3.8, 4) is 16.9 Å². The molecule has 3 fully saturated rings. The maximum atomic E-state index is 12.9. The number of hydrogen-bond acceptors (Lipinski definition) is 6. The molecule has 8 heteroatoms. The van der Waals surface area contributed by atoms with Crippen LogP contribution in [-0.2, 0) is 29.0 Å². The molecular formula is C28H28ClN3O3S. The fourth-order valence-corrected chi connectivity index (χ4v) is 7.97. The number of rotatable bonds is 5. The number of pyridine rings is 1. The SMILES string of the molecule is CC1(C)C2C(=O)N(Cc3cc4nccc(-c5cc(Cl)c6c(c5OC5CCNC5)CCC6)c4s3)C(=O)C21. The molecule has 0 radical (unpaired) electrons. The van der Waals surface area contributed by atoms with Crippen molar-refractivity contribution >= 4 is 45.0 Å². The maximum Gasteiger partial charge on any atom is 0.234 e. The molecule has 7 rings (SSSR count). The number of carbonyl (C=O) groups is 2. The zero-order valence-electron chi connectivity index (χ0n) is 20.4. The van der Waals surface area contributed by atoms with Gasteiger partial charge in [-0.1, -0.05) is 25.4 Å². The minimum atomic E-state index is -0.197. The summed E-state index contributed by atoms with van der Waals surface area (Å²) in [7, 11) is 0. The first kappa shape index (κ1) is 22.7. The predicted octanol–water partition coefficient (Wildman–Crippen LogP) is 4.99. The van der Waals surface area contributed by atoms with Crippen molar-refractivity contribution in [3.05, 3.63) is 45.4 Å². The third-order valence-corrected chi connectivity index (χ3v) is 10.0.